The predicted octanol–water partition coefficient (Wildman–Crippen LogP) is 3.51. The molecule has 3 heterocycles. The third kappa shape index (κ3) is 4.45. The fourth-order valence-electron chi connectivity index (χ4n) is 4.20. The number of sulfonamides is 1. The van der Waals surface area contributed by atoms with E-state index in [9.17, 15) is 30.4 Å². The Labute approximate surface area is 192 Å². The molecule has 1 N–H and O–H groups in total. The van der Waals surface area contributed by atoms with Gasteiger partial charge in [-0.1, -0.05) is 5.16 Å². The minimum absolute atomic E-state index is 0.0202. The molecule has 4 rings (SSSR count). The zero-order chi connectivity index (χ0) is 25.1. The number of amidine groups is 1. The lowest BCUT2D eigenvalue weighted by Gasteiger charge is -2.29. The first-order valence-electron chi connectivity index (χ1n) is 10.1. The zero-order valence-electron chi connectivity index (χ0n) is 18.4. The molecule has 0 radical (unpaired) electrons. The van der Waals surface area contributed by atoms with Crippen molar-refractivity contribution in [3.63, 3.8) is 0 Å². The third-order valence-corrected chi connectivity index (χ3v) is 6.59. The molecular formula is C21H21F5N4O3S. The SMILES string of the molecule is Cc1cnc([C@@H]2CC(N3CC(F)(F)C(C)(NS(C)(=O)=O)C3)=NO2)c(-c2c(F)cc(F)cc2F)c1. The van der Waals surface area contributed by atoms with Crippen molar-refractivity contribution in [1.82, 2.24) is 14.6 Å². The molecule has 2 aliphatic heterocycles. The van der Waals surface area contributed by atoms with Gasteiger partial charge in [-0.2, -0.15) is 0 Å². The van der Waals surface area contributed by atoms with E-state index in [1.165, 1.54) is 17.2 Å². The number of alkyl halides is 2. The zero-order valence-corrected chi connectivity index (χ0v) is 19.2. The van der Waals surface area contributed by atoms with E-state index in [2.05, 4.69) is 10.1 Å². The van der Waals surface area contributed by atoms with Crippen LogP contribution in [0.3, 0.4) is 0 Å². The van der Waals surface area contributed by atoms with E-state index in [4.69, 9.17) is 4.84 Å². The van der Waals surface area contributed by atoms with Crippen molar-refractivity contribution in [1.29, 1.82) is 0 Å². The van der Waals surface area contributed by atoms with Gasteiger partial charge in [0, 0.05) is 30.4 Å². The lowest BCUT2D eigenvalue weighted by atomic mass is 9.97. The van der Waals surface area contributed by atoms with Gasteiger partial charge in [0.05, 0.1) is 30.5 Å². The van der Waals surface area contributed by atoms with E-state index in [0.29, 0.717) is 17.7 Å². The highest BCUT2D eigenvalue weighted by molar-refractivity contribution is 7.88. The molecule has 2 aromatic rings. The summed E-state index contributed by atoms with van der Waals surface area (Å²) >= 11 is 0. The molecule has 0 saturated carbocycles. The number of nitrogens with zero attached hydrogens (tertiary/aromatic N) is 3. The van der Waals surface area contributed by atoms with Crippen molar-refractivity contribution < 1.29 is 35.2 Å². The molecule has 0 aliphatic carbocycles. The maximum Gasteiger partial charge on any atom is 0.285 e. The molecule has 1 fully saturated rings. The first-order valence-corrected chi connectivity index (χ1v) is 12.0. The second-order valence-corrected chi connectivity index (χ2v) is 10.5. The van der Waals surface area contributed by atoms with E-state index >= 15 is 0 Å². The van der Waals surface area contributed by atoms with Gasteiger partial charge < -0.3 is 9.74 Å². The van der Waals surface area contributed by atoms with Crippen LogP contribution in [0.25, 0.3) is 11.1 Å². The molecule has 1 saturated heterocycles. The van der Waals surface area contributed by atoms with Crippen LogP contribution in [-0.4, -0.2) is 54.9 Å². The Morgan fingerprint density at radius 1 is 1.15 bits per heavy atom. The first-order chi connectivity index (χ1) is 15.7. The molecule has 0 amide bonds. The molecule has 2 atom stereocenters. The van der Waals surface area contributed by atoms with Gasteiger partial charge in [0.2, 0.25) is 10.0 Å². The summed E-state index contributed by atoms with van der Waals surface area (Å²) in [5.74, 6) is -6.65. The smallest absolute Gasteiger partial charge is 0.285 e. The van der Waals surface area contributed by atoms with E-state index in [1.807, 2.05) is 4.72 Å². The summed E-state index contributed by atoms with van der Waals surface area (Å²) < 4.78 is 97.0. The van der Waals surface area contributed by atoms with Crippen molar-refractivity contribution in [2.24, 2.45) is 5.16 Å². The number of aromatic nitrogens is 1. The van der Waals surface area contributed by atoms with Crippen LogP contribution in [0.5, 0.6) is 0 Å². The minimum Gasteiger partial charge on any atom is -0.384 e. The number of hydrogen-bond acceptors (Lipinski definition) is 6. The van der Waals surface area contributed by atoms with Gasteiger partial charge >= 0.3 is 0 Å². The second-order valence-electron chi connectivity index (χ2n) is 8.76. The Kier molecular flexibility index (Phi) is 5.83. The number of pyridine rings is 1. The van der Waals surface area contributed by atoms with Gasteiger partial charge in [-0.25, -0.2) is 35.1 Å². The fraction of sp³-hybridized carbons (Fsp3) is 0.429. The lowest BCUT2D eigenvalue weighted by Crippen LogP contribution is -2.57. The number of nitrogens with one attached hydrogen (secondary N) is 1. The molecule has 13 heteroatoms. The van der Waals surface area contributed by atoms with Crippen LogP contribution in [0.15, 0.2) is 29.6 Å². The number of aryl methyl sites for hydroxylation is 1. The highest BCUT2D eigenvalue weighted by Gasteiger charge is 2.59. The number of benzene rings is 1. The normalized spacial score (nSPS) is 24.3. The first kappa shape index (κ1) is 24.3. The standard InChI is InChI=1S/C21H21F5N4O3S/c1-11-4-13(18-14(23)5-12(22)6-15(18)24)19(27-8-11)16-7-17(28-33-16)30-9-20(2,21(25,26)10-30)29-34(3,31)32/h4-6,8,16,29H,7,9-10H2,1-3H3/t16-,20?/m0/s1. The molecular weight excluding hydrogens is 483 g/mol. The number of hydrogen-bond donors (Lipinski definition) is 1. The molecule has 1 unspecified atom stereocenters. The fourth-order valence-corrected chi connectivity index (χ4v) is 5.23. The van der Waals surface area contributed by atoms with Crippen LogP contribution < -0.4 is 4.72 Å². The summed E-state index contributed by atoms with van der Waals surface area (Å²) in [6.45, 7) is 1.56. The number of rotatable bonds is 4. The van der Waals surface area contributed by atoms with Crippen molar-refractivity contribution in [2.45, 2.75) is 37.8 Å². The van der Waals surface area contributed by atoms with E-state index in [0.717, 1.165) is 13.2 Å². The monoisotopic (exact) mass is 504 g/mol. The molecule has 2 aliphatic rings. The van der Waals surface area contributed by atoms with Crippen LogP contribution in [0.1, 0.15) is 30.7 Å². The van der Waals surface area contributed by atoms with E-state index in [1.54, 1.807) is 6.92 Å². The average Bonchev–Trinajstić information content (AvgIpc) is 3.23. The maximum absolute atomic E-state index is 14.7. The van der Waals surface area contributed by atoms with Crippen LogP contribution in [0.2, 0.25) is 0 Å². The minimum atomic E-state index is -3.92. The van der Waals surface area contributed by atoms with Crippen LogP contribution in [0, 0.1) is 24.4 Å². The summed E-state index contributed by atoms with van der Waals surface area (Å²) in [5.41, 5.74) is -1.89. The van der Waals surface area contributed by atoms with E-state index in [-0.39, 0.29) is 30.1 Å². The second kappa shape index (κ2) is 8.15. The summed E-state index contributed by atoms with van der Waals surface area (Å²) in [7, 11) is -3.92. The molecule has 0 spiro atoms. The topological polar surface area (TPSA) is 83.9 Å². The average molecular weight is 504 g/mol. The molecule has 184 valence electrons. The highest BCUT2D eigenvalue weighted by Crippen LogP contribution is 2.41. The van der Waals surface area contributed by atoms with Gasteiger partial charge in [-0.05, 0) is 25.5 Å². The Morgan fingerprint density at radius 3 is 2.41 bits per heavy atom. The van der Waals surface area contributed by atoms with Gasteiger partial charge in [0.25, 0.3) is 5.92 Å². The summed E-state index contributed by atoms with van der Waals surface area (Å²) in [6, 6.07) is 2.55. The van der Waals surface area contributed by atoms with Crippen molar-refractivity contribution >= 4 is 15.9 Å². The summed E-state index contributed by atoms with van der Waals surface area (Å²) in [4.78, 5) is 10.8. The van der Waals surface area contributed by atoms with Crippen molar-refractivity contribution in [3.05, 3.63) is 53.1 Å². The lowest BCUT2D eigenvalue weighted by molar-refractivity contribution is -0.0391. The molecule has 7 nitrogen and oxygen atoms in total. The van der Waals surface area contributed by atoms with E-state index < -0.39 is 57.1 Å². The number of halogens is 5. The van der Waals surface area contributed by atoms with Gasteiger partial charge in [0.15, 0.2) is 6.10 Å². The van der Waals surface area contributed by atoms with Crippen LogP contribution in [0.4, 0.5) is 22.0 Å². The molecule has 1 aromatic carbocycles. The maximum atomic E-state index is 14.7. The summed E-state index contributed by atoms with van der Waals surface area (Å²) in [6.07, 6.45) is 1.22. The van der Waals surface area contributed by atoms with Crippen LogP contribution >= 0.6 is 0 Å². The number of likely N-dealkylation sites (tertiary alicyclic amines) is 1. The Bertz CT molecular complexity index is 1260. The van der Waals surface area contributed by atoms with Crippen molar-refractivity contribution in [2.75, 3.05) is 19.3 Å². The van der Waals surface area contributed by atoms with Crippen molar-refractivity contribution in [3.8, 4) is 11.1 Å². The molecule has 34 heavy (non-hydrogen) atoms. The predicted molar refractivity (Wildman–Crippen MR) is 113 cm³/mol. The van der Waals surface area contributed by atoms with Gasteiger partial charge in [-0.15, -0.1) is 0 Å². The largest absolute Gasteiger partial charge is 0.384 e. The third-order valence-electron chi connectivity index (χ3n) is 5.77. The van der Waals surface area contributed by atoms with Gasteiger partial charge in [0.1, 0.15) is 28.8 Å². The number of oxime groups is 1. The summed E-state index contributed by atoms with van der Waals surface area (Å²) in [5, 5.41) is 3.86. The highest BCUT2D eigenvalue weighted by atomic mass is 32.2. The Balaban J connectivity index is 1.62. The Morgan fingerprint density at radius 2 is 1.79 bits per heavy atom. The Hall–Kier alpha value is -2.80. The quantitative estimate of drug-likeness (QED) is 0.645. The molecule has 0 bridgehead atoms. The molecule has 1 aromatic heterocycles. The van der Waals surface area contributed by atoms with Gasteiger partial charge in [-0.3, -0.25) is 4.98 Å². The van der Waals surface area contributed by atoms with Crippen LogP contribution in [-0.2, 0) is 14.9 Å².